The maximum absolute atomic E-state index is 13.1. The molecule has 3 rings (SSSR count). The van der Waals surface area contributed by atoms with E-state index in [4.69, 9.17) is 4.74 Å². The summed E-state index contributed by atoms with van der Waals surface area (Å²) in [6, 6.07) is 6.38. The number of methoxy groups -OCH3 is 1. The van der Waals surface area contributed by atoms with Crippen molar-refractivity contribution in [1.29, 1.82) is 0 Å². The molecule has 0 aliphatic carbocycles. The fourth-order valence-electron chi connectivity index (χ4n) is 2.89. The molecule has 2 aromatic rings. The minimum atomic E-state index is -0.503. The molecule has 0 saturated carbocycles. The van der Waals surface area contributed by atoms with Crippen LogP contribution >= 0.6 is 0 Å². The van der Waals surface area contributed by atoms with Gasteiger partial charge in [0, 0.05) is 33.1 Å². The van der Waals surface area contributed by atoms with Gasteiger partial charge in [-0.2, -0.15) is 9.78 Å². The first-order chi connectivity index (χ1) is 12.9. The highest BCUT2D eigenvalue weighted by molar-refractivity contribution is 5.95. The Kier molecular flexibility index (Phi) is 5.20. The Balaban J connectivity index is 1.93. The number of amides is 2. The summed E-state index contributed by atoms with van der Waals surface area (Å²) < 4.78 is 19.3. The summed E-state index contributed by atoms with van der Waals surface area (Å²) in [6.07, 6.45) is 0. The molecule has 27 heavy (non-hydrogen) atoms. The number of ether oxygens (including phenoxy) is 1. The van der Waals surface area contributed by atoms with Crippen molar-refractivity contribution in [3.8, 4) is 11.4 Å². The van der Waals surface area contributed by atoms with Gasteiger partial charge >= 0.3 is 0 Å². The van der Waals surface area contributed by atoms with E-state index in [9.17, 15) is 18.8 Å². The summed E-state index contributed by atoms with van der Waals surface area (Å²) in [4.78, 5) is 39.9. The highest BCUT2D eigenvalue weighted by Crippen LogP contribution is 2.18. The number of rotatable bonds is 3. The second-order valence-electron chi connectivity index (χ2n) is 6.09. The molecule has 0 N–H and O–H groups in total. The van der Waals surface area contributed by atoms with Gasteiger partial charge in [0.15, 0.2) is 11.4 Å². The minimum Gasteiger partial charge on any atom is -0.494 e. The summed E-state index contributed by atoms with van der Waals surface area (Å²) in [5.41, 5.74) is -0.186. The van der Waals surface area contributed by atoms with Gasteiger partial charge in [0.25, 0.3) is 11.5 Å². The number of benzene rings is 1. The van der Waals surface area contributed by atoms with Crippen LogP contribution in [0.15, 0.2) is 35.1 Å². The number of nitrogens with zero attached hydrogens (tertiary/aromatic N) is 4. The van der Waals surface area contributed by atoms with Gasteiger partial charge in [0.05, 0.1) is 18.9 Å². The summed E-state index contributed by atoms with van der Waals surface area (Å²) in [5, 5.41) is 4.16. The molecule has 1 aliphatic heterocycles. The van der Waals surface area contributed by atoms with Crippen LogP contribution in [0, 0.1) is 5.82 Å². The second-order valence-corrected chi connectivity index (χ2v) is 6.09. The van der Waals surface area contributed by atoms with Gasteiger partial charge in [-0.05, 0) is 24.3 Å². The number of hydrogen-bond acceptors (Lipinski definition) is 5. The van der Waals surface area contributed by atoms with Crippen molar-refractivity contribution in [2.75, 3.05) is 33.3 Å². The fourth-order valence-corrected chi connectivity index (χ4v) is 2.89. The van der Waals surface area contributed by atoms with Crippen LogP contribution in [0.2, 0.25) is 0 Å². The van der Waals surface area contributed by atoms with Crippen molar-refractivity contribution in [3.63, 3.8) is 0 Å². The topological polar surface area (TPSA) is 84.7 Å². The molecule has 0 bridgehead atoms. The van der Waals surface area contributed by atoms with E-state index in [1.54, 1.807) is 9.80 Å². The number of carbonyl (C=O) groups is 2. The number of aromatic nitrogens is 2. The van der Waals surface area contributed by atoms with Crippen LogP contribution in [0.5, 0.6) is 5.75 Å². The van der Waals surface area contributed by atoms with E-state index >= 15 is 0 Å². The van der Waals surface area contributed by atoms with Gasteiger partial charge in [-0.1, -0.05) is 0 Å². The lowest BCUT2D eigenvalue weighted by Crippen LogP contribution is -2.50. The predicted octanol–water partition coefficient (Wildman–Crippen LogP) is 0.685. The van der Waals surface area contributed by atoms with Crippen molar-refractivity contribution in [1.82, 2.24) is 19.6 Å². The van der Waals surface area contributed by atoms with Crippen LogP contribution in [0.4, 0.5) is 4.39 Å². The molecule has 0 radical (unpaired) electrons. The Morgan fingerprint density at radius 1 is 1.07 bits per heavy atom. The molecule has 9 heteroatoms. The molecule has 1 saturated heterocycles. The molecule has 0 spiro atoms. The molecule has 8 nitrogen and oxygen atoms in total. The number of halogens is 1. The van der Waals surface area contributed by atoms with Crippen LogP contribution in [0.3, 0.4) is 0 Å². The van der Waals surface area contributed by atoms with E-state index in [1.807, 2.05) is 0 Å². The number of hydrogen-bond donors (Lipinski definition) is 0. The van der Waals surface area contributed by atoms with Crippen molar-refractivity contribution in [3.05, 3.63) is 52.2 Å². The molecular weight excluding hydrogens is 355 g/mol. The minimum absolute atomic E-state index is 0.0160. The Hall–Kier alpha value is -3.23. The third-order valence-corrected chi connectivity index (χ3v) is 4.40. The zero-order chi connectivity index (χ0) is 19.6. The summed E-state index contributed by atoms with van der Waals surface area (Å²) in [5.74, 6) is -0.814. The maximum Gasteiger partial charge on any atom is 0.278 e. The van der Waals surface area contributed by atoms with E-state index in [1.165, 1.54) is 44.4 Å². The zero-order valence-corrected chi connectivity index (χ0v) is 15.0. The third-order valence-electron chi connectivity index (χ3n) is 4.40. The van der Waals surface area contributed by atoms with Crippen LogP contribution in [0.25, 0.3) is 5.69 Å². The molecule has 1 aromatic carbocycles. The summed E-state index contributed by atoms with van der Waals surface area (Å²) in [6.45, 7) is 3.07. The first-order valence-corrected chi connectivity index (χ1v) is 8.40. The van der Waals surface area contributed by atoms with Gasteiger partial charge < -0.3 is 14.5 Å². The van der Waals surface area contributed by atoms with Gasteiger partial charge in [-0.25, -0.2) is 4.39 Å². The largest absolute Gasteiger partial charge is 0.494 e. The van der Waals surface area contributed by atoms with E-state index in [0.717, 1.165) is 4.68 Å². The monoisotopic (exact) mass is 374 g/mol. The van der Waals surface area contributed by atoms with Gasteiger partial charge in [-0.15, -0.1) is 0 Å². The second kappa shape index (κ2) is 7.56. The van der Waals surface area contributed by atoms with E-state index in [-0.39, 0.29) is 17.4 Å². The maximum atomic E-state index is 13.1. The first-order valence-electron chi connectivity index (χ1n) is 8.40. The van der Waals surface area contributed by atoms with Crippen molar-refractivity contribution in [2.45, 2.75) is 6.92 Å². The van der Waals surface area contributed by atoms with E-state index in [0.29, 0.717) is 31.9 Å². The SMILES string of the molecule is COc1cc(=O)n(-c2ccc(F)cc2)nc1C(=O)N1CCN(C(C)=O)CC1. The summed E-state index contributed by atoms with van der Waals surface area (Å²) in [7, 11) is 1.35. The summed E-state index contributed by atoms with van der Waals surface area (Å²) >= 11 is 0. The molecule has 2 amide bonds. The molecular formula is C18H19FN4O4. The highest BCUT2D eigenvalue weighted by Gasteiger charge is 2.27. The van der Waals surface area contributed by atoms with Gasteiger partial charge in [-0.3, -0.25) is 14.4 Å². The average Bonchev–Trinajstić information content (AvgIpc) is 2.68. The van der Waals surface area contributed by atoms with Crippen molar-refractivity contribution >= 4 is 11.8 Å². The highest BCUT2D eigenvalue weighted by atomic mass is 19.1. The lowest BCUT2D eigenvalue weighted by atomic mass is 10.2. The predicted molar refractivity (Wildman–Crippen MR) is 94.5 cm³/mol. The number of piperazine rings is 1. The zero-order valence-electron chi connectivity index (χ0n) is 15.0. The van der Waals surface area contributed by atoms with E-state index in [2.05, 4.69) is 5.10 Å². The number of carbonyl (C=O) groups excluding carboxylic acids is 2. The van der Waals surface area contributed by atoms with Gasteiger partial charge in [0.1, 0.15) is 5.82 Å². The van der Waals surface area contributed by atoms with Crippen LogP contribution < -0.4 is 10.3 Å². The smallest absolute Gasteiger partial charge is 0.278 e. The lowest BCUT2D eigenvalue weighted by Gasteiger charge is -2.34. The average molecular weight is 374 g/mol. The molecule has 1 aromatic heterocycles. The first kappa shape index (κ1) is 18.6. The Morgan fingerprint density at radius 2 is 1.67 bits per heavy atom. The molecule has 0 atom stereocenters. The van der Waals surface area contributed by atoms with Crippen LogP contribution in [-0.2, 0) is 4.79 Å². The third kappa shape index (κ3) is 3.81. The Morgan fingerprint density at radius 3 is 2.22 bits per heavy atom. The molecule has 142 valence electrons. The quantitative estimate of drug-likeness (QED) is 0.789. The fraction of sp³-hybridized carbons (Fsp3) is 0.333. The Bertz CT molecular complexity index is 918. The molecule has 1 aliphatic rings. The normalized spacial score (nSPS) is 14.2. The Labute approximate surface area is 154 Å². The van der Waals surface area contributed by atoms with Crippen molar-refractivity contribution in [2.24, 2.45) is 0 Å². The van der Waals surface area contributed by atoms with E-state index < -0.39 is 17.3 Å². The molecule has 2 heterocycles. The molecule has 0 unspecified atom stereocenters. The van der Waals surface area contributed by atoms with Crippen LogP contribution in [-0.4, -0.2) is 64.7 Å². The standard InChI is InChI=1S/C18H19FN4O4/c1-12(24)21-7-9-22(10-8-21)18(26)17-15(27-2)11-16(25)23(20-17)14-5-3-13(19)4-6-14/h3-6,11H,7-10H2,1-2H3. The lowest BCUT2D eigenvalue weighted by molar-refractivity contribution is -0.130. The van der Waals surface area contributed by atoms with Gasteiger partial charge in [0.2, 0.25) is 5.91 Å². The van der Waals surface area contributed by atoms with Crippen molar-refractivity contribution < 1.29 is 18.7 Å². The molecule has 1 fully saturated rings. The van der Waals surface area contributed by atoms with Crippen LogP contribution in [0.1, 0.15) is 17.4 Å².